The zero-order chi connectivity index (χ0) is 19.3. The van der Waals surface area contributed by atoms with Gasteiger partial charge in [0.05, 0.1) is 0 Å². The maximum atomic E-state index is 10.1. The number of nitrogens with two attached hydrogens (primary N) is 1. The summed E-state index contributed by atoms with van der Waals surface area (Å²) in [5, 5.41) is 21.7. The Morgan fingerprint density at radius 1 is 1.22 bits per heavy atom. The standard InChI is InChI=1S/C11H14N2S2.C10H12OS/c12-11(13)15-6-4-8-2-1-3-10-9(8)5-7-14-10;1-2-10(11)6-3-4-9-8(10)5-7-12-9/h4-5,7H,1-3,6H2,(H3,12,13);2,5,7,11H,1,3-4,6H2. The van der Waals surface area contributed by atoms with Crippen LogP contribution >= 0.6 is 34.4 Å². The van der Waals surface area contributed by atoms with E-state index in [2.05, 4.69) is 24.1 Å². The number of thioether (sulfide) groups is 1. The number of hydrogen-bond donors (Lipinski definition) is 3. The molecule has 1 unspecified atom stereocenters. The molecule has 4 rings (SSSR count). The van der Waals surface area contributed by atoms with Crippen molar-refractivity contribution in [3.05, 3.63) is 62.5 Å². The van der Waals surface area contributed by atoms with E-state index in [1.807, 2.05) is 22.8 Å². The van der Waals surface area contributed by atoms with Crippen LogP contribution in [-0.4, -0.2) is 16.0 Å². The molecule has 0 radical (unpaired) electrons. The smallest absolute Gasteiger partial charge is 0.151 e. The quantitative estimate of drug-likeness (QED) is 0.347. The Labute approximate surface area is 173 Å². The summed E-state index contributed by atoms with van der Waals surface area (Å²) in [6.07, 6.45) is 10.5. The van der Waals surface area contributed by atoms with Gasteiger partial charge in [-0.1, -0.05) is 30.5 Å². The first-order valence-corrected chi connectivity index (χ1v) is 11.9. The highest BCUT2D eigenvalue weighted by Crippen LogP contribution is 2.38. The molecule has 0 bridgehead atoms. The largest absolute Gasteiger partial charge is 0.381 e. The van der Waals surface area contributed by atoms with Crippen LogP contribution in [0.25, 0.3) is 5.57 Å². The first-order chi connectivity index (χ1) is 13.0. The molecule has 0 saturated carbocycles. The minimum Gasteiger partial charge on any atom is -0.381 e. The van der Waals surface area contributed by atoms with Crippen LogP contribution in [0.3, 0.4) is 0 Å². The summed E-state index contributed by atoms with van der Waals surface area (Å²) >= 11 is 4.98. The van der Waals surface area contributed by atoms with Gasteiger partial charge in [0.1, 0.15) is 5.60 Å². The fraction of sp³-hybridized carbons (Fsp3) is 0.381. The highest BCUT2D eigenvalue weighted by atomic mass is 32.2. The van der Waals surface area contributed by atoms with Crippen LogP contribution in [0.15, 0.2) is 41.6 Å². The third-order valence-corrected chi connectivity index (χ3v) is 7.63. The third kappa shape index (κ3) is 4.93. The topological polar surface area (TPSA) is 70.1 Å². The Bertz CT molecular complexity index is 836. The molecule has 2 aromatic heterocycles. The van der Waals surface area contributed by atoms with Crippen molar-refractivity contribution in [1.82, 2.24) is 0 Å². The average molecular weight is 419 g/mol. The van der Waals surface area contributed by atoms with Crippen molar-refractivity contribution in [1.29, 1.82) is 5.41 Å². The Morgan fingerprint density at radius 2 is 1.96 bits per heavy atom. The van der Waals surface area contributed by atoms with Gasteiger partial charge >= 0.3 is 0 Å². The fourth-order valence-electron chi connectivity index (χ4n) is 3.62. The highest BCUT2D eigenvalue weighted by molar-refractivity contribution is 8.13. The van der Waals surface area contributed by atoms with E-state index >= 15 is 0 Å². The third-order valence-electron chi connectivity index (χ3n) is 5.02. The lowest BCUT2D eigenvalue weighted by Gasteiger charge is -2.29. The highest BCUT2D eigenvalue weighted by Gasteiger charge is 2.31. The minimum absolute atomic E-state index is 0.202. The lowest BCUT2D eigenvalue weighted by atomic mass is 9.84. The van der Waals surface area contributed by atoms with E-state index in [1.54, 1.807) is 17.4 Å². The van der Waals surface area contributed by atoms with Gasteiger partial charge in [-0.2, -0.15) is 0 Å². The van der Waals surface area contributed by atoms with Crippen LogP contribution in [0.1, 0.15) is 46.6 Å². The summed E-state index contributed by atoms with van der Waals surface area (Å²) in [7, 11) is 0. The van der Waals surface area contributed by atoms with E-state index in [1.165, 1.54) is 51.9 Å². The van der Waals surface area contributed by atoms with E-state index in [9.17, 15) is 5.11 Å². The van der Waals surface area contributed by atoms with Gasteiger partial charge < -0.3 is 10.8 Å². The van der Waals surface area contributed by atoms with E-state index < -0.39 is 5.60 Å². The first kappa shape index (κ1) is 20.4. The van der Waals surface area contributed by atoms with Gasteiger partial charge in [-0.15, -0.1) is 22.7 Å². The SMILES string of the molecule is C=CC1(O)CCCc2sccc21.N=C(N)SCC=C1CCCc2sccc21. The molecule has 4 N–H and O–H groups in total. The zero-order valence-electron chi connectivity index (χ0n) is 15.4. The maximum Gasteiger partial charge on any atom is 0.151 e. The molecule has 0 saturated heterocycles. The van der Waals surface area contributed by atoms with Crippen LogP contribution in [0, 0.1) is 5.41 Å². The molecule has 2 aliphatic rings. The van der Waals surface area contributed by atoms with Gasteiger partial charge in [-0.3, -0.25) is 5.41 Å². The molecule has 0 spiro atoms. The van der Waals surface area contributed by atoms with E-state index in [-0.39, 0.29) is 5.17 Å². The Hall–Kier alpha value is -1.34. The molecule has 0 aliphatic heterocycles. The molecule has 6 heteroatoms. The number of thiophene rings is 2. The Kier molecular flexibility index (Phi) is 6.98. The number of allylic oxidation sites excluding steroid dienone is 1. The number of rotatable bonds is 3. The van der Waals surface area contributed by atoms with E-state index in [4.69, 9.17) is 11.1 Å². The zero-order valence-corrected chi connectivity index (χ0v) is 17.8. The molecular formula is C21H26N2OS3. The summed E-state index contributed by atoms with van der Waals surface area (Å²) < 4.78 is 0. The van der Waals surface area contributed by atoms with Crippen LogP contribution in [-0.2, 0) is 18.4 Å². The van der Waals surface area contributed by atoms with Gasteiger partial charge in [0.15, 0.2) is 5.17 Å². The lowest BCUT2D eigenvalue weighted by molar-refractivity contribution is 0.0713. The first-order valence-electron chi connectivity index (χ1n) is 9.19. The number of amidine groups is 1. The predicted molar refractivity (Wildman–Crippen MR) is 121 cm³/mol. The number of aryl methyl sites for hydroxylation is 2. The summed E-state index contributed by atoms with van der Waals surface area (Å²) in [5.41, 5.74) is 8.50. The molecule has 144 valence electrons. The van der Waals surface area contributed by atoms with E-state index in [0.29, 0.717) is 0 Å². The molecule has 27 heavy (non-hydrogen) atoms. The van der Waals surface area contributed by atoms with Crippen LogP contribution in [0.2, 0.25) is 0 Å². The van der Waals surface area contributed by atoms with Crippen molar-refractivity contribution in [2.24, 2.45) is 5.73 Å². The Balaban J connectivity index is 0.000000159. The van der Waals surface area contributed by atoms with Crippen molar-refractivity contribution >= 4 is 45.2 Å². The minimum atomic E-state index is -0.742. The van der Waals surface area contributed by atoms with Crippen LogP contribution in [0.4, 0.5) is 0 Å². The number of hydrogen-bond acceptors (Lipinski definition) is 5. The second-order valence-corrected chi connectivity index (χ2v) is 9.82. The van der Waals surface area contributed by atoms with Crippen LogP contribution in [0.5, 0.6) is 0 Å². The maximum absolute atomic E-state index is 10.1. The second kappa shape index (κ2) is 9.24. The van der Waals surface area contributed by atoms with Crippen molar-refractivity contribution in [2.75, 3.05) is 5.75 Å². The summed E-state index contributed by atoms with van der Waals surface area (Å²) in [5.74, 6) is 0.819. The van der Waals surface area contributed by atoms with Crippen molar-refractivity contribution in [3.8, 4) is 0 Å². The normalized spacial score (nSPS) is 22.3. The lowest BCUT2D eigenvalue weighted by Crippen LogP contribution is -2.26. The van der Waals surface area contributed by atoms with Crippen molar-refractivity contribution in [2.45, 2.75) is 44.1 Å². The monoisotopic (exact) mass is 418 g/mol. The van der Waals surface area contributed by atoms with E-state index in [0.717, 1.165) is 30.6 Å². The fourth-order valence-corrected chi connectivity index (χ4v) is 6.05. The summed E-state index contributed by atoms with van der Waals surface area (Å²) in [6.45, 7) is 3.69. The van der Waals surface area contributed by atoms with Gasteiger partial charge in [-0.25, -0.2) is 0 Å². The molecule has 1 atom stereocenters. The average Bonchev–Trinajstić information content (AvgIpc) is 3.32. The summed E-state index contributed by atoms with van der Waals surface area (Å²) in [4.78, 5) is 2.84. The second-order valence-electron chi connectivity index (χ2n) is 6.76. The van der Waals surface area contributed by atoms with Gasteiger partial charge in [0.2, 0.25) is 0 Å². The summed E-state index contributed by atoms with van der Waals surface area (Å²) in [6, 6.07) is 4.23. The number of nitrogens with one attached hydrogen (secondary N) is 1. The van der Waals surface area contributed by atoms with Crippen molar-refractivity contribution < 1.29 is 5.11 Å². The van der Waals surface area contributed by atoms with Gasteiger partial charge in [0, 0.05) is 21.1 Å². The molecule has 3 nitrogen and oxygen atoms in total. The van der Waals surface area contributed by atoms with Crippen molar-refractivity contribution in [3.63, 3.8) is 0 Å². The van der Waals surface area contributed by atoms with Gasteiger partial charge in [-0.05, 0) is 72.6 Å². The number of fused-ring (bicyclic) bond motifs is 2. The molecule has 2 heterocycles. The molecule has 0 aromatic carbocycles. The molecule has 2 aromatic rings. The van der Waals surface area contributed by atoms with Crippen LogP contribution < -0.4 is 5.73 Å². The number of aliphatic hydroxyl groups is 1. The molecule has 0 fully saturated rings. The Morgan fingerprint density at radius 3 is 2.74 bits per heavy atom. The predicted octanol–water partition coefficient (Wildman–Crippen LogP) is 5.55. The molecule has 0 amide bonds. The van der Waals surface area contributed by atoms with Gasteiger partial charge in [0.25, 0.3) is 0 Å². The molecule has 2 aliphatic carbocycles. The molecular weight excluding hydrogens is 392 g/mol.